The minimum absolute atomic E-state index is 0.262. The third kappa shape index (κ3) is 3.47. The van der Waals surface area contributed by atoms with Gasteiger partial charge in [0.05, 0.1) is 11.6 Å². The van der Waals surface area contributed by atoms with Crippen LogP contribution in [-0.2, 0) is 9.53 Å². The van der Waals surface area contributed by atoms with E-state index in [1.807, 2.05) is 37.3 Å². The molecule has 0 radical (unpaired) electrons. The van der Waals surface area contributed by atoms with Gasteiger partial charge in [-0.15, -0.1) is 0 Å². The Morgan fingerprint density at radius 2 is 1.95 bits per heavy atom. The predicted octanol–water partition coefficient (Wildman–Crippen LogP) is 3.19. The van der Waals surface area contributed by atoms with Gasteiger partial charge in [-0.3, -0.25) is 4.79 Å². The lowest BCUT2D eigenvalue weighted by Gasteiger charge is -2.16. The maximum Gasteiger partial charge on any atom is 0.258 e. The van der Waals surface area contributed by atoms with Crippen molar-refractivity contribution in [3.8, 4) is 6.07 Å². The first-order valence-corrected chi connectivity index (χ1v) is 6.55. The smallest absolute Gasteiger partial charge is 0.258 e. The molecule has 106 valence electrons. The van der Waals surface area contributed by atoms with Crippen molar-refractivity contribution in [3.63, 3.8) is 0 Å². The number of aryl methyl sites for hydroxylation is 1. The van der Waals surface area contributed by atoms with Gasteiger partial charge in [0.2, 0.25) is 0 Å². The SMILES string of the molecule is COC(C(=O)Nc1cc(C#N)ccc1C)c1ccccc1. The molecule has 0 bridgehead atoms. The second-order valence-corrected chi connectivity index (χ2v) is 4.66. The number of nitrogens with one attached hydrogen (secondary N) is 1. The minimum Gasteiger partial charge on any atom is -0.367 e. The number of nitrogens with zero attached hydrogens (tertiary/aromatic N) is 1. The second kappa shape index (κ2) is 6.69. The summed E-state index contributed by atoms with van der Waals surface area (Å²) in [6.45, 7) is 1.88. The minimum atomic E-state index is -0.684. The van der Waals surface area contributed by atoms with E-state index < -0.39 is 6.10 Å². The average molecular weight is 280 g/mol. The summed E-state index contributed by atoms with van der Waals surface area (Å²) in [7, 11) is 1.50. The number of methoxy groups -OCH3 is 1. The molecule has 4 nitrogen and oxygen atoms in total. The summed E-state index contributed by atoms with van der Waals surface area (Å²) < 4.78 is 5.29. The zero-order valence-corrected chi connectivity index (χ0v) is 12.0. The monoisotopic (exact) mass is 280 g/mol. The predicted molar refractivity (Wildman–Crippen MR) is 80.7 cm³/mol. The van der Waals surface area contributed by atoms with Crippen molar-refractivity contribution in [1.29, 1.82) is 5.26 Å². The number of benzene rings is 2. The van der Waals surface area contributed by atoms with Crippen molar-refractivity contribution in [1.82, 2.24) is 0 Å². The highest BCUT2D eigenvalue weighted by Crippen LogP contribution is 2.21. The fraction of sp³-hybridized carbons (Fsp3) is 0.176. The van der Waals surface area contributed by atoms with Crippen molar-refractivity contribution < 1.29 is 9.53 Å². The van der Waals surface area contributed by atoms with Gasteiger partial charge in [0.1, 0.15) is 0 Å². The van der Waals surface area contributed by atoms with Crippen LogP contribution in [-0.4, -0.2) is 13.0 Å². The lowest BCUT2D eigenvalue weighted by Crippen LogP contribution is -2.23. The van der Waals surface area contributed by atoms with E-state index in [2.05, 4.69) is 11.4 Å². The van der Waals surface area contributed by atoms with Crippen LogP contribution in [0.1, 0.15) is 22.8 Å². The molecule has 21 heavy (non-hydrogen) atoms. The molecule has 0 saturated carbocycles. The van der Waals surface area contributed by atoms with E-state index in [1.54, 1.807) is 18.2 Å². The normalized spacial score (nSPS) is 11.5. The quantitative estimate of drug-likeness (QED) is 0.935. The van der Waals surface area contributed by atoms with Crippen molar-refractivity contribution >= 4 is 11.6 Å². The highest BCUT2D eigenvalue weighted by Gasteiger charge is 2.20. The molecule has 2 aromatic rings. The fourth-order valence-electron chi connectivity index (χ4n) is 2.05. The molecular weight excluding hydrogens is 264 g/mol. The molecule has 0 aromatic heterocycles. The number of rotatable bonds is 4. The Kier molecular flexibility index (Phi) is 4.70. The van der Waals surface area contributed by atoms with Crippen LogP contribution in [0.25, 0.3) is 0 Å². The molecule has 0 aliphatic rings. The van der Waals surface area contributed by atoms with Crippen LogP contribution in [0.4, 0.5) is 5.69 Å². The first-order valence-electron chi connectivity index (χ1n) is 6.55. The number of nitriles is 1. The van der Waals surface area contributed by atoms with E-state index in [-0.39, 0.29) is 5.91 Å². The molecule has 2 aromatic carbocycles. The Morgan fingerprint density at radius 1 is 1.24 bits per heavy atom. The molecule has 0 saturated heterocycles. The maximum absolute atomic E-state index is 12.4. The van der Waals surface area contributed by atoms with Gasteiger partial charge in [-0.05, 0) is 30.2 Å². The summed E-state index contributed by atoms with van der Waals surface area (Å²) in [6.07, 6.45) is -0.684. The van der Waals surface area contributed by atoms with E-state index in [0.717, 1.165) is 11.1 Å². The van der Waals surface area contributed by atoms with Crippen LogP contribution in [0.2, 0.25) is 0 Å². The summed E-state index contributed by atoms with van der Waals surface area (Å²) >= 11 is 0. The number of carbonyl (C=O) groups excluding carboxylic acids is 1. The molecule has 0 heterocycles. The van der Waals surface area contributed by atoms with Gasteiger partial charge in [0.15, 0.2) is 6.10 Å². The molecule has 1 unspecified atom stereocenters. The highest BCUT2D eigenvalue weighted by atomic mass is 16.5. The Hall–Kier alpha value is -2.64. The van der Waals surface area contributed by atoms with Crippen molar-refractivity contribution in [2.24, 2.45) is 0 Å². The third-order valence-electron chi connectivity index (χ3n) is 3.20. The van der Waals surface area contributed by atoms with Crippen LogP contribution < -0.4 is 5.32 Å². The van der Waals surface area contributed by atoms with E-state index in [9.17, 15) is 4.79 Å². The number of ether oxygens (including phenoxy) is 1. The number of anilines is 1. The lowest BCUT2D eigenvalue weighted by atomic mass is 10.1. The fourth-order valence-corrected chi connectivity index (χ4v) is 2.05. The molecule has 0 fully saturated rings. The first kappa shape index (κ1) is 14.8. The van der Waals surface area contributed by atoms with E-state index >= 15 is 0 Å². The van der Waals surface area contributed by atoms with Gasteiger partial charge in [-0.2, -0.15) is 5.26 Å². The highest BCUT2D eigenvalue weighted by molar-refractivity contribution is 5.95. The van der Waals surface area contributed by atoms with Crippen molar-refractivity contribution in [2.75, 3.05) is 12.4 Å². The molecule has 0 spiro atoms. The van der Waals surface area contributed by atoms with Crippen LogP contribution in [0, 0.1) is 18.3 Å². The topological polar surface area (TPSA) is 62.1 Å². The molecule has 0 aliphatic heterocycles. The Labute approximate surface area is 124 Å². The van der Waals surface area contributed by atoms with E-state index in [0.29, 0.717) is 11.3 Å². The number of hydrogen-bond donors (Lipinski definition) is 1. The molecule has 0 aliphatic carbocycles. The molecule has 1 amide bonds. The average Bonchev–Trinajstić information content (AvgIpc) is 2.51. The van der Waals surface area contributed by atoms with Crippen LogP contribution in [0.5, 0.6) is 0 Å². The van der Waals surface area contributed by atoms with Crippen LogP contribution in [0.15, 0.2) is 48.5 Å². The molecule has 2 rings (SSSR count). The van der Waals surface area contributed by atoms with Gasteiger partial charge < -0.3 is 10.1 Å². The summed E-state index contributed by atoms with van der Waals surface area (Å²) in [6, 6.07) is 16.5. The number of amides is 1. The molecule has 4 heteroatoms. The lowest BCUT2D eigenvalue weighted by molar-refractivity contribution is -0.126. The van der Waals surface area contributed by atoms with Gasteiger partial charge in [-0.25, -0.2) is 0 Å². The van der Waals surface area contributed by atoms with E-state index in [1.165, 1.54) is 7.11 Å². The van der Waals surface area contributed by atoms with Crippen molar-refractivity contribution in [2.45, 2.75) is 13.0 Å². The van der Waals surface area contributed by atoms with Crippen LogP contribution in [0.3, 0.4) is 0 Å². The first-order chi connectivity index (χ1) is 10.2. The summed E-state index contributed by atoms with van der Waals surface area (Å²) in [5, 5.41) is 11.8. The van der Waals surface area contributed by atoms with Gasteiger partial charge in [0, 0.05) is 12.8 Å². The van der Waals surface area contributed by atoms with Gasteiger partial charge in [-0.1, -0.05) is 36.4 Å². The standard InChI is InChI=1S/C17H16N2O2/c1-12-8-9-13(11-18)10-15(12)19-17(20)16(21-2)14-6-4-3-5-7-14/h3-10,16H,1-2H3,(H,19,20). The maximum atomic E-state index is 12.4. The van der Waals surface area contributed by atoms with Crippen LogP contribution >= 0.6 is 0 Å². The number of hydrogen-bond acceptors (Lipinski definition) is 3. The van der Waals surface area contributed by atoms with E-state index in [4.69, 9.17) is 10.00 Å². The molecule has 1 N–H and O–H groups in total. The molecular formula is C17H16N2O2. The van der Waals surface area contributed by atoms with Crippen molar-refractivity contribution in [3.05, 3.63) is 65.2 Å². The summed E-state index contributed by atoms with van der Waals surface area (Å²) in [5.41, 5.74) is 2.80. The zero-order valence-electron chi connectivity index (χ0n) is 12.0. The largest absolute Gasteiger partial charge is 0.367 e. The Morgan fingerprint density at radius 3 is 2.57 bits per heavy atom. The summed E-state index contributed by atoms with van der Waals surface area (Å²) in [5.74, 6) is -0.262. The Balaban J connectivity index is 2.23. The zero-order chi connectivity index (χ0) is 15.2. The summed E-state index contributed by atoms with van der Waals surface area (Å²) in [4.78, 5) is 12.4. The third-order valence-corrected chi connectivity index (χ3v) is 3.20. The number of carbonyl (C=O) groups is 1. The second-order valence-electron chi connectivity index (χ2n) is 4.66. The van der Waals surface area contributed by atoms with Gasteiger partial charge in [0.25, 0.3) is 5.91 Å². The molecule has 1 atom stereocenters. The Bertz CT molecular complexity index is 675. The van der Waals surface area contributed by atoms with Gasteiger partial charge >= 0.3 is 0 Å².